The number of anilines is 1. The number of hydrogen-bond acceptors (Lipinski definition) is 25. The number of H-pyrrole nitrogens is 3. The summed E-state index contributed by atoms with van der Waals surface area (Å²) < 4.78 is 57.3. The lowest BCUT2D eigenvalue weighted by atomic mass is 9.89. The monoisotopic (exact) mass is 1730 g/mol. The Morgan fingerprint density at radius 1 is 0.552 bits per heavy atom. The van der Waals surface area contributed by atoms with Crippen LogP contribution in [0.3, 0.4) is 0 Å². The van der Waals surface area contributed by atoms with Gasteiger partial charge in [-0.15, -0.1) is 0 Å². The number of amides is 5. The van der Waals surface area contributed by atoms with Crippen molar-refractivity contribution in [3.8, 4) is 0 Å². The number of nitrogens with one attached hydrogen (secondary N) is 7. The third-order valence-corrected chi connectivity index (χ3v) is 20.0. The SMILES string of the molecule is C1COC(c2n[nH]c3c2CNCC3)C1.CC(C)(C)OC(=O)N1CCC(=O)C(C(=O)C2CCCO2)C1.CC(C)(C)OC(=O)N1CCC(=O)CC1.CC(C)(C)OC(=O)N1CCc2[nH]nc(C3CCCO3)c2C1.N=N.O=C(Cl)C1CCCO1.O=C(Nc1cccc(Cl)c1)N1CCc2[nH]nc(C3CCCO3)c2C1.O=C(O)C1CCCO1.O=S(Cl)Cl.[HH]. The standard InChI is InChI=1S/C17H19ClN4O2.C15H23N3O3.C15H23NO5.C10H15N3O.C10H17NO3.C5H7ClO2.C5H8O3.Cl2OS.H2N2.H2/c18-11-3-1-4-12(9-11)19-17(23)22-7-6-14-13(10-22)16(21-20-14)15-5-2-8-24-15;1-15(2,3)21-14(19)18-7-6-11-10(9-18)13(17-16-11)12-5-4-8-20-12;1-15(2,3)21-14(19)16-7-6-11(17)10(9-16)13(18)12-5-4-8-20-12;1-2-9(14-5-1)10-7-6-11-4-3-8(7)12-13-10;1-10(2,3)14-9(13)11-6-4-8(12)5-7-11;2*6-5(7)4-2-1-3-8-4;1-4(2)3;1-2;/h1,3-4,9,15H,2,5-8,10H2,(H,19,23)(H,20,21);12H,4-9H2,1-3H3,(H,16,17);10,12H,4-9H2,1-3H3;9,11H,1-6H2,(H,12,13);4-7H2,1-3H3;4H,1-3H2;4H,1-3H2,(H,6,7);;1-2H;1H. The van der Waals surface area contributed by atoms with Gasteiger partial charge < -0.3 is 78.0 Å². The number of hydrogen-bond donors (Lipinski definition) is 8. The summed E-state index contributed by atoms with van der Waals surface area (Å²) in [5, 5.41) is 37.4. The number of carbonyl (C=O) groups is 9. The number of urea groups is 1. The maximum absolute atomic E-state index is 12.6. The van der Waals surface area contributed by atoms with E-state index >= 15 is 0 Å². The molecular weight excluding hydrogens is 1610 g/mol. The zero-order valence-electron chi connectivity index (χ0n) is 67.6. The van der Waals surface area contributed by atoms with Crippen LogP contribution >= 0.6 is 44.6 Å². The Bertz CT molecular complexity index is 3860. The van der Waals surface area contributed by atoms with E-state index in [4.69, 9.17) is 86.2 Å². The van der Waals surface area contributed by atoms with Gasteiger partial charge in [-0.25, -0.2) is 39.2 Å². The molecule has 8 saturated heterocycles. The highest BCUT2D eigenvalue weighted by Crippen LogP contribution is 2.36. The number of ketones is 3. The molecule has 0 radical (unpaired) electrons. The summed E-state index contributed by atoms with van der Waals surface area (Å²) >= 11 is 11.1. The van der Waals surface area contributed by atoms with Crippen LogP contribution in [0.4, 0.5) is 24.9 Å². The molecule has 7 atom stereocenters. The number of aromatic amines is 3. The summed E-state index contributed by atoms with van der Waals surface area (Å²) in [6.07, 6.45) is 13.0. The zero-order valence-corrected chi connectivity index (χ0v) is 71.5. The van der Waals surface area contributed by atoms with E-state index in [0.29, 0.717) is 102 Å². The summed E-state index contributed by atoms with van der Waals surface area (Å²) in [5.74, 6) is -1.66. The number of rotatable bonds is 8. The predicted molar refractivity (Wildman–Crippen MR) is 431 cm³/mol. The van der Waals surface area contributed by atoms with Crippen molar-refractivity contribution in [3.05, 3.63) is 80.1 Å². The number of benzene rings is 1. The fourth-order valence-corrected chi connectivity index (χ4v) is 14.2. The minimum atomic E-state index is -1.67. The van der Waals surface area contributed by atoms with E-state index in [9.17, 15) is 43.2 Å². The van der Waals surface area contributed by atoms with Gasteiger partial charge in [0.2, 0.25) is 14.5 Å². The molecule has 0 bridgehead atoms. The molecule has 1 aromatic carbocycles. The topological polar surface area (TPSA) is 445 Å². The van der Waals surface area contributed by atoms with Gasteiger partial charge in [0, 0.05) is 198 Å². The quantitative estimate of drug-likeness (QED) is 0.0351. The number of carboxylic acid groups (broad SMARTS) is 1. The normalized spacial score (nSPS) is 22.7. The van der Waals surface area contributed by atoms with Crippen molar-refractivity contribution in [2.75, 3.05) is 90.8 Å². The molecular formula is C77H116Cl4N14O20S. The van der Waals surface area contributed by atoms with E-state index in [2.05, 4.69) is 62.6 Å². The Hall–Kier alpha value is -7.29. The summed E-state index contributed by atoms with van der Waals surface area (Å²) in [4.78, 5) is 111. The van der Waals surface area contributed by atoms with Crippen molar-refractivity contribution < 1.29 is 96.5 Å². The molecule has 116 heavy (non-hydrogen) atoms. The fourth-order valence-electron chi connectivity index (χ4n) is 13.9. The number of aliphatic carboxylic acids is 1. The van der Waals surface area contributed by atoms with Crippen LogP contribution < -0.4 is 10.6 Å². The molecule has 0 saturated carbocycles. The molecule has 11 aliphatic rings. The number of fused-ring (bicyclic) bond motifs is 3. The second kappa shape index (κ2) is 46.9. The summed E-state index contributed by atoms with van der Waals surface area (Å²) in [6.45, 7) is 26.7. The van der Waals surface area contributed by atoms with Gasteiger partial charge in [-0.3, -0.25) is 34.5 Å². The van der Waals surface area contributed by atoms with Crippen LogP contribution in [0.25, 0.3) is 0 Å². The van der Waals surface area contributed by atoms with Crippen molar-refractivity contribution in [1.29, 1.82) is 11.1 Å². The molecule has 5 amide bonds. The maximum atomic E-state index is 12.6. The smallest absolute Gasteiger partial charge is 0.410 e. The van der Waals surface area contributed by atoms with E-state index in [0.717, 1.165) is 150 Å². The number of ether oxygens (including phenoxy) is 9. The highest BCUT2D eigenvalue weighted by atomic mass is 36.0. The minimum Gasteiger partial charge on any atom is -0.479 e. The van der Waals surface area contributed by atoms with Gasteiger partial charge in [0.15, 0.2) is 11.9 Å². The highest BCUT2D eigenvalue weighted by Gasteiger charge is 2.41. The lowest BCUT2D eigenvalue weighted by Crippen LogP contribution is -2.50. The molecule has 0 aliphatic carbocycles. The summed E-state index contributed by atoms with van der Waals surface area (Å²) in [5.41, 5.74) is 19.4. The number of carbonyl (C=O) groups excluding carboxylic acids is 8. The largest absolute Gasteiger partial charge is 0.479 e. The second-order valence-corrected chi connectivity index (χ2v) is 35.2. The van der Waals surface area contributed by atoms with Crippen LogP contribution in [0.5, 0.6) is 0 Å². The first-order valence-electron chi connectivity index (χ1n) is 39.4. The van der Waals surface area contributed by atoms with Gasteiger partial charge in [-0.1, -0.05) is 17.7 Å². The van der Waals surface area contributed by atoms with Crippen molar-refractivity contribution in [1.82, 2.24) is 55.5 Å². The van der Waals surface area contributed by atoms with Crippen LogP contribution in [-0.4, -0.2) is 233 Å². The van der Waals surface area contributed by atoms with E-state index in [1.165, 1.54) is 22.6 Å². The molecule has 8 N–H and O–H groups in total. The lowest BCUT2D eigenvalue weighted by molar-refractivity contribution is -0.147. The average molecular weight is 1730 g/mol. The third-order valence-electron chi connectivity index (χ3n) is 19.5. The number of aromatic nitrogens is 6. The maximum Gasteiger partial charge on any atom is 0.410 e. The summed E-state index contributed by atoms with van der Waals surface area (Å²) in [7, 11) is 7.36. The number of halogens is 4. The average Bonchev–Trinajstić information content (AvgIpc) is 1.68. The molecule has 15 rings (SSSR count). The van der Waals surface area contributed by atoms with Crippen molar-refractivity contribution in [2.24, 2.45) is 5.92 Å². The van der Waals surface area contributed by atoms with Crippen LogP contribution in [-0.2, 0) is 115 Å². The highest BCUT2D eigenvalue weighted by molar-refractivity contribution is 8.26. The van der Waals surface area contributed by atoms with Crippen molar-refractivity contribution in [2.45, 2.75) is 251 Å². The summed E-state index contributed by atoms with van der Waals surface area (Å²) in [6, 6.07) is 7.04. The second-order valence-electron chi connectivity index (χ2n) is 31.8. The van der Waals surface area contributed by atoms with Crippen LogP contribution in [0, 0.1) is 17.0 Å². The molecule has 4 aromatic rings. The Morgan fingerprint density at radius 2 is 0.957 bits per heavy atom. The first-order valence-corrected chi connectivity index (χ1v) is 43.0. The van der Waals surface area contributed by atoms with Gasteiger partial charge in [-0.05, 0) is 169 Å². The molecule has 8 fully saturated rings. The van der Waals surface area contributed by atoms with Crippen LogP contribution in [0.15, 0.2) is 24.3 Å². The van der Waals surface area contributed by atoms with Gasteiger partial charge in [-0.2, -0.15) is 15.3 Å². The van der Waals surface area contributed by atoms with Crippen molar-refractivity contribution in [3.63, 3.8) is 0 Å². The zero-order chi connectivity index (χ0) is 84.9. The molecule has 3 aromatic heterocycles. The fraction of sp³-hybridized carbons (Fsp3) is 0.688. The number of carboxylic acids is 1. The molecule has 0 spiro atoms. The Labute approximate surface area is 699 Å². The van der Waals surface area contributed by atoms with Gasteiger partial charge in [0.25, 0.3) is 0 Å². The predicted octanol–water partition coefficient (Wildman–Crippen LogP) is 13.2. The number of piperidine rings is 2. The Morgan fingerprint density at radius 3 is 1.38 bits per heavy atom. The van der Waals surface area contributed by atoms with Crippen LogP contribution in [0.2, 0.25) is 5.02 Å². The molecule has 34 nitrogen and oxygen atoms in total. The van der Waals surface area contributed by atoms with Crippen molar-refractivity contribution >= 4 is 112 Å². The molecule has 14 heterocycles. The number of likely N-dealkylation sites (tertiary alicyclic amines) is 2. The van der Waals surface area contributed by atoms with Gasteiger partial charge in [0.05, 0.1) is 36.1 Å². The lowest BCUT2D eigenvalue weighted by Gasteiger charge is -2.33. The molecule has 7 unspecified atom stereocenters. The first-order chi connectivity index (χ1) is 55.1. The molecule has 39 heteroatoms. The molecule has 648 valence electrons. The Kier molecular flexibility index (Phi) is 38.8. The van der Waals surface area contributed by atoms with E-state index in [-0.39, 0.29) is 79.6 Å². The number of Topliss-reactive ketones (excluding diaryl/α,β-unsaturated/α-hetero) is 3. The van der Waals surface area contributed by atoms with Gasteiger partial charge in [0.1, 0.15) is 58.9 Å². The first kappa shape index (κ1) is 95.8. The minimum absolute atomic E-state index is 0. The van der Waals surface area contributed by atoms with E-state index in [1.54, 1.807) is 47.6 Å². The molecule has 11 aliphatic heterocycles. The third kappa shape index (κ3) is 31.5. The number of nitrogens with zero attached hydrogens (tertiary/aromatic N) is 7. The van der Waals surface area contributed by atoms with Gasteiger partial charge >= 0.3 is 30.3 Å². The van der Waals surface area contributed by atoms with E-state index in [1.807, 2.05) is 53.7 Å². The van der Waals surface area contributed by atoms with Crippen LogP contribution in [0.1, 0.15) is 229 Å². The Balaban J connectivity index is 0.000000215. The van der Waals surface area contributed by atoms with E-state index < -0.39 is 56.2 Å².